The zero-order chi connectivity index (χ0) is 15.8. The molecular weight excluding hydrogens is 290 g/mol. The Kier molecular flexibility index (Phi) is 3.16. The van der Waals surface area contributed by atoms with Crippen LogP contribution in [0.25, 0.3) is 16.9 Å². The van der Waals surface area contributed by atoms with Crippen LogP contribution in [0.1, 0.15) is 11.3 Å². The number of imidazole rings is 1. The molecule has 0 amide bonds. The maximum Gasteiger partial charge on any atom is 0.162 e. The minimum atomic E-state index is 0.300. The SMILES string of the molecule is Cc1ccn2c(CC#N)c(-c3ccc4c(c3)OCCO4)nc2c1. The van der Waals surface area contributed by atoms with E-state index in [4.69, 9.17) is 14.5 Å². The molecule has 0 radical (unpaired) electrons. The molecule has 5 heteroatoms. The fourth-order valence-corrected chi connectivity index (χ4v) is 2.86. The van der Waals surface area contributed by atoms with Crippen LogP contribution in [0, 0.1) is 18.3 Å². The Labute approximate surface area is 133 Å². The van der Waals surface area contributed by atoms with Crippen molar-refractivity contribution in [3.8, 4) is 28.8 Å². The summed E-state index contributed by atoms with van der Waals surface area (Å²) in [6, 6.07) is 12.1. The highest BCUT2D eigenvalue weighted by Crippen LogP contribution is 2.35. The summed E-state index contributed by atoms with van der Waals surface area (Å²) in [5.41, 5.74) is 4.62. The highest BCUT2D eigenvalue weighted by Gasteiger charge is 2.17. The van der Waals surface area contributed by atoms with E-state index in [9.17, 15) is 5.26 Å². The van der Waals surface area contributed by atoms with E-state index in [1.165, 1.54) is 0 Å². The van der Waals surface area contributed by atoms with Gasteiger partial charge in [0.1, 0.15) is 18.9 Å². The number of hydrogen-bond acceptors (Lipinski definition) is 4. The predicted octanol–water partition coefficient (Wildman–Crippen LogP) is 3.15. The van der Waals surface area contributed by atoms with Gasteiger partial charge in [-0.25, -0.2) is 4.98 Å². The molecule has 23 heavy (non-hydrogen) atoms. The molecule has 5 nitrogen and oxygen atoms in total. The molecule has 0 bridgehead atoms. The number of nitriles is 1. The first-order valence-electron chi connectivity index (χ1n) is 7.51. The Morgan fingerprint density at radius 2 is 2.00 bits per heavy atom. The quantitative estimate of drug-likeness (QED) is 0.730. The molecule has 1 aliphatic rings. The average Bonchev–Trinajstić information content (AvgIpc) is 2.92. The van der Waals surface area contributed by atoms with Crippen molar-refractivity contribution in [2.75, 3.05) is 13.2 Å². The zero-order valence-corrected chi connectivity index (χ0v) is 12.7. The number of hydrogen-bond donors (Lipinski definition) is 0. The fourth-order valence-electron chi connectivity index (χ4n) is 2.86. The third-order valence-corrected chi connectivity index (χ3v) is 3.94. The molecule has 3 heterocycles. The highest BCUT2D eigenvalue weighted by atomic mass is 16.6. The van der Waals surface area contributed by atoms with Gasteiger partial charge in [-0.15, -0.1) is 0 Å². The molecule has 0 N–H and O–H groups in total. The van der Waals surface area contributed by atoms with Crippen LogP contribution in [-0.4, -0.2) is 22.6 Å². The van der Waals surface area contributed by atoms with Crippen molar-refractivity contribution in [1.29, 1.82) is 5.26 Å². The highest BCUT2D eigenvalue weighted by molar-refractivity contribution is 5.70. The fraction of sp³-hybridized carbons (Fsp3) is 0.222. The van der Waals surface area contributed by atoms with E-state index in [1.807, 2.05) is 47.9 Å². The molecule has 4 rings (SSSR count). The van der Waals surface area contributed by atoms with Crippen molar-refractivity contribution in [3.63, 3.8) is 0 Å². The first-order valence-corrected chi connectivity index (χ1v) is 7.51. The van der Waals surface area contributed by atoms with Crippen LogP contribution in [-0.2, 0) is 6.42 Å². The minimum absolute atomic E-state index is 0.300. The molecular formula is C18H15N3O2. The van der Waals surface area contributed by atoms with E-state index in [2.05, 4.69) is 6.07 Å². The van der Waals surface area contributed by atoms with Gasteiger partial charge in [0.25, 0.3) is 0 Å². The Hall–Kier alpha value is -3.00. The summed E-state index contributed by atoms with van der Waals surface area (Å²) in [7, 11) is 0. The van der Waals surface area contributed by atoms with Gasteiger partial charge >= 0.3 is 0 Å². The topological polar surface area (TPSA) is 59.5 Å². The van der Waals surface area contributed by atoms with E-state index >= 15 is 0 Å². The van der Waals surface area contributed by atoms with Crippen molar-refractivity contribution in [3.05, 3.63) is 47.8 Å². The number of fused-ring (bicyclic) bond motifs is 2. The molecule has 0 spiro atoms. The van der Waals surface area contributed by atoms with Gasteiger partial charge in [0, 0.05) is 11.8 Å². The van der Waals surface area contributed by atoms with E-state index in [0.717, 1.165) is 39.7 Å². The van der Waals surface area contributed by atoms with Gasteiger partial charge in [-0.1, -0.05) is 0 Å². The lowest BCUT2D eigenvalue weighted by molar-refractivity contribution is 0.171. The summed E-state index contributed by atoms with van der Waals surface area (Å²) in [5, 5.41) is 9.18. The average molecular weight is 305 g/mol. The van der Waals surface area contributed by atoms with Gasteiger partial charge in [0.2, 0.25) is 0 Å². The van der Waals surface area contributed by atoms with Gasteiger partial charge in [0.15, 0.2) is 11.5 Å². The normalized spacial score (nSPS) is 13.0. The molecule has 2 aromatic heterocycles. The van der Waals surface area contributed by atoms with Gasteiger partial charge in [-0.05, 0) is 42.8 Å². The van der Waals surface area contributed by atoms with E-state index in [0.29, 0.717) is 19.6 Å². The maximum atomic E-state index is 9.18. The van der Waals surface area contributed by atoms with Crippen LogP contribution < -0.4 is 9.47 Å². The Bertz CT molecular complexity index is 937. The third-order valence-electron chi connectivity index (χ3n) is 3.94. The number of pyridine rings is 1. The van der Waals surface area contributed by atoms with Crippen LogP contribution in [0.15, 0.2) is 36.5 Å². The number of ether oxygens (including phenoxy) is 2. The maximum absolute atomic E-state index is 9.18. The van der Waals surface area contributed by atoms with E-state index in [1.54, 1.807) is 0 Å². The standard InChI is InChI=1S/C18H15N3O2/c1-12-5-7-21-14(4-6-19)18(20-17(21)10-12)13-2-3-15-16(11-13)23-9-8-22-15/h2-3,5,7,10-11H,4,8-9H2,1H3. The van der Waals surface area contributed by atoms with E-state index in [-0.39, 0.29) is 0 Å². The summed E-state index contributed by atoms with van der Waals surface area (Å²) >= 11 is 0. The smallest absolute Gasteiger partial charge is 0.162 e. The van der Waals surface area contributed by atoms with Crippen LogP contribution in [0.3, 0.4) is 0 Å². The van der Waals surface area contributed by atoms with Crippen molar-refractivity contribution < 1.29 is 9.47 Å². The number of rotatable bonds is 2. The Balaban J connectivity index is 1.91. The Morgan fingerprint density at radius 1 is 1.17 bits per heavy atom. The molecule has 3 aromatic rings. The summed E-state index contributed by atoms with van der Waals surface area (Å²) in [6.45, 7) is 3.15. The predicted molar refractivity (Wildman–Crippen MR) is 85.7 cm³/mol. The molecule has 0 unspecified atom stereocenters. The molecule has 0 saturated carbocycles. The number of nitrogens with zero attached hydrogens (tertiary/aromatic N) is 3. The van der Waals surface area contributed by atoms with Crippen LogP contribution in [0.2, 0.25) is 0 Å². The minimum Gasteiger partial charge on any atom is -0.486 e. The van der Waals surface area contributed by atoms with Gasteiger partial charge in [0.05, 0.1) is 23.9 Å². The molecule has 0 aliphatic carbocycles. The summed E-state index contributed by atoms with van der Waals surface area (Å²) in [4.78, 5) is 4.73. The summed E-state index contributed by atoms with van der Waals surface area (Å²) in [6.07, 6.45) is 2.26. The first kappa shape index (κ1) is 13.6. The monoisotopic (exact) mass is 305 g/mol. The largest absolute Gasteiger partial charge is 0.486 e. The van der Waals surface area contributed by atoms with E-state index < -0.39 is 0 Å². The van der Waals surface area contributed by atoms with Gasteiger partial charge in [-0.2, -0.15) is 5.26 Å². The molecule has 1 aliphatic heterocycles. The van der Waals surface area contributed by atoms with Crippen LogP contribution in [0.5, 0.6) is 11.5 Å². The number of aryl methyl sites for hydroxylation is 1. The van der Waals surface area contributed by atoms with Gasteiger partial charge in [-0.3, -0.25) is 0 Å². The van der Waals surface area contributed by atoms with Crippen molar-refractivity contribution in [1.82, 2.24) is 9.38 Å². The molecule has 0 fully saturated rings. The number of aromatic nitrogens is 2. The summed E-state index contributed by atoms with van der Waals surface area (Å²) in [5.74, 6) is 1.48. The van der Waals surface area contributed by atoms with Gasteiger partial charge < -0.3 is 13.9 Å². The first-order chi connectivity index (χ1) is 11.3. The second-order valence-electron chi connectivity index (χ2n) is 5.53. The lowest BCUT2D eigenvalue weighted by Crippen LogP contribution is -2.15. The molecule has 0 atom stereocenters. The van der Waals surface area contributed by atoms with Crippen molar-refractivity contribution >= 4 is 5.65 Å². The Morgan fingerprint density at radius 3 is 2.83 bits per heavy atom. The van der Waals surface area contributed by atoms with Crippen molar-refractivity contribution in [2.24, 2.45) is 0 Å². The number of benzene rings is 1. The van der Waals surface area contributed by atoms with Crippen LogP contribution in [0.4, 0.5) is 0 Å². The second kappa shape index (κ2) is 5.33. The van der Waals surface area contributed by atoms with Crippen LogP contribution >= 0.6 is 0 Å². The van der Waals surface area contributed by atoms with Crippen molar-refractivity contribution in [2.45, 2.75) is 13.3 Å². The lowest BCUT2D eigenvalue weighted by Gasteiger charge is -2.18. The molecule has 114 valence electrons. The lowest BCUT2D eigenvalue weighted by atomic mass is 10.1. The second-order valence-corrected chi connectivity index (χ2v) is 5.53. The molecule has 1 aromatic carbocycles. The third kappa shape index (κ3) is 2.29. The summed E-state index contributed by atoms with van der Waals surface area (Å²) < 4.78 is 13.2. The zero-order valence-electron chi connectivity index (χ0n) is 12.7. The molecule has 0 saturated heterocycles.